The highest BCUT2D eigenvalue weighted by Crippen LogP contribution is 2.23. The number of esters is 1. The van der Waals surface area contributed by atoms with E-state index in [1.807, 2.05) is 25.9 Å². The van der Waals surface area contributed by atoms with Gasteiger partial charge in [0.15, 0.2) is 11.6 Å². The first-order valence-corrected chi connectivity index (χ1v) is 4.98. The molecule has 1 rings (SSSR count). The van der Waals surface area contributed by atoms with Crippen molar-refractivity contribution in [1.82, 2.24) is 4.98 Å². The number of carbonyl (C=O) groups is 1. The summed E-state index contributed by atoms with van der Waals surface area (Å²) in [5.41, 5.74) is 0. The van der Waals surface area contributed by atoms with Gasteiger partial charge in [-0.3, -0.25) is 4.79 Å². The van der Waals surface area contributed by atoms with Crippen molar-refractivity contribution in [3.63, 3.8) is 0 Å². The Balaban J connectivity index is 2.80. The van der Waals surface area contributed by atoms with Crippen LogP contribution in [0.5, 0.6) is 5.75 Å². The molecule has 1 aromatic rings. The highest BCUT2D eigenvalue weighted by molar-refractivity contribution is 5.74. The van der Waals surface area contributed by atoms with Gasteiger partial charge in [-0.1, -0.05) is 6.92 Å². The van der Waals surface area contributed by atoms with Crippen LogP contribution in [0.3, 0.4) is 0 Å². The molecule has 0 fully saturated rings. The van der Waals surface area contributed by atoms with Gasteiger partial charge >= 0.3 is 5.97 Å². The lowest BCUT2D eigenvalue weighted by molar-refractivity contribution is -0.134. The lowest BCUT2D eigenvalue weighted by Gasteiger charge is -2.14. The first-order chi connectivity index (χ1) is 7.15. The monoisotopic (exact) mass is 208 g/mol. The zero-order chi connectivity index (χ0) is 11.3. The maximum absolute atomic E-state index is 11.3. The molecule has 4 heteroatoms. The molecule has 0 saturated carbocycles. The van der Waals surface area contributed by atoms with Crippen LogP contribution in [-0.4, -0.2) is 25.0 Å². The smallest absolute Gasteiger partial charge is 0.311 e. The predicted octanol–water partition coefficient (Wildman–Crippen LogP) is 1.85. The summed E-state index contributed by atoms with van der Waals surface area (Å²) in [6.45, 7) is 1.94. The van der Waals surface area contributed by atoms with Crippen molar-refractivity contribution in [2.24, 2.45) is 0 Å². The van der Waals surface area contributed by atoms with E-state index in [1.165, 1.54) is 0 Å². The van der Waals surface area contributed by atoms with Gasteiger partial charge in [-0.25, -0.2) is 4.98 Å². The molecule has 0 radical (unpaired) electrons. The van der Waals surface area contributed by atoms with Gasteiger partial charge in [-0.15, -0.1) is 0 Å². The Morgan fingerprint density at radius 3 is 2.87 bits per heavy atom. The van der Waals surface area contributed by atoms with Crippen LogP contribution in [0.2, 0.25) is 0 Å². The van der Waals surface area contributed by atoms with E-state index >= 15 is 0 Å². The molecule has 82 valence electrons. The fraction of sp³-hybridized carbons (Fsp3) is 0.455. The molecule has 0 aromatic carbocycles. The SMILES string of the molecule is CCCC(=O)Oc1cccnc1N(C)C. The number of ether oxygens (including phenoxy) is 1. The second-order valence-corrected chi connectivity index (χ2v) is 3.44. The van der Waals surface area contributed by atoms with E-state index < -0.39 is 0 Å². The number of hydrogen-bond donors (Lipinski definition) is 0. The molecule has 4 nitrogen and oxygen atoms in total. The summed E-state index contributed by atoms with van der Waals surface area (Å²) in [4.78, 5) is 17.3. The van der Waals surface area contributed by atoms with Gasteiger partial charge < -0.3 is 9.64 Å². The van der Waals surface area contributed by atoms with Gasteiger partial charge in [0.1, 0.15) is 0 Å². The molecule has 0 aliphatic heterocycles. The van der Waals surface area contributed by atoms with Gasteiger partial charge in [0.25, 0.3) is 0 Å². The van der Waals surface area contributed by atoms with Crippen LogP contribution in [0, 0.1) is 0 Å². The summed E-state index contributed by atoms with van der Waals surface area (Å²) in [5, 5.41) is 0. The summed E-state index contributed by atoms with van der Waals surface area (Å²) in [7, 11) is 3.72. The Morgan fingerprint density at radius 2 is 2.27 bits per heavy atom. The van der Waals surface area contributed by atoms with Gasteiger partial charge in [0, 0.05) is 26.7 Å². The lowest BCUT2D eigenvalue weighted by Crippen LogP contribution is -2.15. The second-order valence-electron chi connectivity index (χ2n) is 3.44. The standard InChI is InChI=1S/C11H16N2O2/c1-4-6-10(14)15-9-7-5-8-12-11(9)13(2)3/h5,7-8H,4,6H2,1-3H3. The molecule has 0 saturated heterocycles. The van der Waals surface area contributed by atoms with E-state index in [-0.39, 0.29) is 5.97 Å². The summed E-state index contributed by atoms with van der Waals surface area (Å²) in [6, 6.07) is 3.50. The van der Waals surface area contributed by atoms with Crippen LogP contribution in [0.4, 0.5) is 5.82 Å². The Morgan fingerprint density at radius 1 is 1.53 bits per heavy atom. The molecule has 0 aliphatic rings. The van der Waals surface area contributed by atoms with Crippen molar-refractivity contribution >= 4 is 11.8 Å². The normalized spacial score (nSPS) is 9.80. The summed E-state index contributed by atoms with van der Waals surface area (Å²) < 4.78 is 5.20. The molecule has 15 heavy (non-hydrogen) atoms. The van der Waals surface area contributed by atoms with Crippen molar-refractivity contribution < 1.29 is 9.53 Å². The molecule has 0 spiro atoms. The minimum absolute atomic E-state index is 0.214. The third-order valence-corrected chi connectivity index (χ3v) is 1.85. The zero-order valence-corrected chi connectivity index (χ0v) is 9.36. The van der Waals surface area contributed by atoms with Crippen LogP contribution >= 0.6 is 0 Å². The van der Waals surface area contributed by atoms with Crippen LogP contribution in [0.25, 0.3) is 0 Å². The Hall–Kier alpha value is -1.58. The van der Waals surface area contributed by atoms with Crippen molar-refractivity contribution in [2.75, 3.05) is 19.0 Å². The minimum Gasteiger partial charge on any atom is -0.423 e. The molecule has 1 heterocycles. The zero-order valence-electron chi connectivity index (χ0n) is 9.36. The Labute approximate surface area is 89.9 Å². The van der Waals surface area contributed by atoms with E-state index in [9.17, 15) is 4.79 Å². The minimum atomic E-state index is -0.214. The maximum Gasteiger partial charge on any atom is 0.311 e. The second kappa shape index (κ2) is 5.34. The number of anilines is 1. The fourth-order valence-corrected chi connectivity index (χ4v) is 1.18. The molecular formula is C11H16N2O2. The number of aromatic nitrogens is 1. The van der Waals surface area contributed by atoms with Crippen LogP contribution in [0.1, 0.15) is 19.8 Å². The number of rotatable bonds is 4. The van der Waals surface area contributed by atoms with Crippen LogP contribution in [-0.2, 0) is 4.79 Å². The van der Waals surface area contributed by atoms with Crippen molar-refractivity contribution in [1.29, 1.82) is 0 Å². The maximum atomic E-state index is 11.3. The molecule has 0 N–H and O–H groups in total. The summed E-state index contributed by atoms with van der Waals surface area (Å²) >= 11 is 0. The quantitative estimate of drug-likeness (QED) is 0.708. The van der Waals surface area contributed by atoms with Crippen molar-refractivity contribution in [3.05, 3.63) is 18.3 Å². The molecule has 0 bridgehead atoms. The topological polar surface area (TPSA) is 42.4 Å². The summed E-state index contributed by atoms with van der Waals surface area (Å²) in [6.07, 6.45) is 2.89. The predicted molar refractivity (Wildman–Crippen MR) is 59.1 cm³/mol. The van der Waals surface area contributed by atoms with E-state index in [4.69, 9.17) is 4.74 Å². The van der Waals surface area contributed by atoms with E-state index in [0.717, 1.165) is 6.42 Å². The third kappa shape index (κ3) is 3.23. The number of carbonyl (C=O) groups excluding carboxylic acids is 1. The number of hydrogen-bond acceptors (Lipinski definition) is 4. The van der Waals surface area contributed by atoms with Crippen molar-refractivity contribution in [3.8, 4) is 5.75 Å². The van der Waals surface area contributed by atoms with E-state index in [0.29, 0.717) is 18.0 Å². The van der Waals surface area contributed by atoms with Crippen LogP contribution < -0.4 is 9.64 Å². The first-order valence-electron chi connectivity index (χ1n) is 4.98. The third-order valence-electron chi connectivity index (χ3n) is 1.85. The molecule has 1 aromatic heterocycles. The molecule has 0 atom stereocenters. The largest absolute Gasteiger partial charge is 0.423 e. The number of nitrogens with zero attached hydrogens (tertiary/aromatic N) is 2. The lowest BCUT2D eigenvalue weighted by atomic mass is 10.3. The fourth-order valence-electron chi connectivity index (χ4n) is 1.18. The molecular weight excluding hydrogens is 192 g/mol. The average Bonchev–Trinajstić information content (AvgIpc) is 2.18. The van der Waals surface area contributed by atoms with E-state index in [2.05, 4.69) is 4.98 Å². The van der Waals surface area contributed by atoms with Crippen molar-refractivity contribution in [2.45, 2.75) is 19.8 Å². The van der Waals surface area contributed by atoms with E-state index in [1.54, 1.807) is 18.3 Å². The Bertz CT molecular complexity index is 337. The molecule has 0 aliphatic carbocycles. The highest BCUT2D eigenvalue weighted by atomic mass is 16.5. The van der Waals surface area contributed by atoms with Gasteiger partial charge in [0.2, 0.25) is 0 Å². The average molecular weight is 208 g/mol. The van der Waals surface area contributed by atoms with Gasteiger partial charge in [-0.2, -0.15) is 0 Å². The molecule has 0 amide bonds. The van der Waals surface area contributed by atoms with Crippen LogP contribution in [0.15, 0.2) is 18.3 Å². The molecule has 0 unspecified atom stereocenters. The van der Waals surface area contributed by atoms with Gasteiger partial charge in [0.05, 0.1) is 0 Å². The first kappa shape index (κ1) is 11.5. The number of pyridine rings is 1. The summed E-state index contributed by atoms with van der Waals surface area (Å²) in [5.74, 6) is 0.969. The highest BCUT2D eigenvalue weighted by Gasteiger charge is 2.10. The Kier molecular flexibility index (Phi) is 4.09. The van der Waals surface area contributed by atoms with Gasteiger partial charge in [-0.05, 0) is 18.6 Å².